The van der Waals surface area contributed by atoms with Gasteiger partial charge < -0.3 is 0 Å². The topological polar surface area (TPSA) is 63.6 Å². The molecule has 0 fully saturated rings. The van der Waals surface area contributed by atoms with Gasteiger partial charge in [-0.2, -0.15) is 0 Å². The number of hydrogen-bond donors (Lipinski definition) is 1. The van der Waals surface area contributed by atoms with Gasteiger partial charge in [-0.05, 0) is 0 Å². The van der Waals surface area contributed by atoms with Crippen LogP contribution in [0.5, 0.6) is 0 Å². The Morgan fingerprint density at radius 3 is 1.83 bits per heavy atom. The van der Waals surface area contributed by atoms with E-state index < -0.39 is 13.6 Å². The van der Waals surface area contributed by atoms with E-state index in [1.54, 1.807) is 0 Å². The Bertz CT molecular complexity index is 110. The second-order valence-corrected chi connectivity index (χ2v) is 2.45. The molecule has 0 aliphatic rings. The Kier molecular flexibility index (Phi) is 1.68. The molecule has 0 heterocycles. The molecule has 0 saturated carbocycles. The molecule has 0 spiro atoms. The zero-order valence-corrected chi connectivity index (χ0v) is 4.36. The molecule has 0 aromatic rings. The van der Waals surface area contributed by atoms with Gasteiger partial charge in [0.15, 0.2) is 0 Å². The Labute approximate surface area is 37.1 Å². The van der Waals surface area contributed by atoms with Crippen LogP contribution in [0.25, 0.3) is 0 Å². The number of hydrogen-bond acceptors (Lipinski definition) is 3. The first kappa shape index (κ1) is 6.05. The molecular weight excluding hydrogens is 128 g/mol. The molecule has 0 bridgehead atoms. The molecule has 1 N–H and O–H groups in total. The Morgan fingerprint density at radius 1 is 1.67 bits per heavy atom. The van der Waals surface area contributed by atoms with Crippen LogP contribution in [-0.4, -0.2) is 11.3 Å². The molecule has 5 heteroatoms. The average Bonchev–Trinajstić information content (AvgIpc) is 1.35. The van der Waals surface area contributed by atoms with Crippen molar-refractivity contribution in [1.29, 1.82) is 0 Å². The third-order valence-electron chi connectivity index (χ3n) is 0.211. The molecule has 0 saturated heterocycles. The van der Waals surface area contributed by atoms with Crippen LogP contribution >= 0.6 is 0 Å². The van der Waals surface area contributed by atoms with Crippen molar-refractivity contribution >= 4 is 0 Å². The maximum atomic E-state index is 9.41. The second-order valence-electron chi connectivity index (χ2n) is 0.594. The monoisotopic (exact) mass is 132 g/mol. The van der Waals surface area contributed by atoms with Gasteiger partial charge in [0.25, 0.3) is 0 Å². The summed E-state index contributed by atoms with van der Waals surface area (Å²) in [5.74, 6) is 0. The van der Waals surface area contributed by atoms with Gasteiger partial charge in [0, 0.05) is 0 Å². The van der Waals surface area contributed by atoms with E-state index >= 15 is 0 Å². The predicted octanol–water partition coefficient (Wildman–Crippen LogP) is -0.700. The fraction of sp³-hybridized carbons (Fsp3) is 1.00. The molecule has 0 amide bonds. The molecule has 4 nitrogen and oxygen atoms in total. The maximum absolute atomic E-state index is 9.41. The van der Waals surface area contributed by atoms with Crippen molar-refractivity contribution in [1.82, 2.24) is 0 Å². The minimum absolute atomic E-state index is 0.903. The predicted molar refractivity (Wildman–Crippen MR) is 10.6 cm³/mol. The second kappa shape index (κ2) is 1.67. The first-order chi connectivity index (χ1) is 2.56. The molecule has 0 unspecified atom stereocenters. The van der Waals surface area contributed by atoms with Gasteiger partial charge in [0.2, 0.25) is 0 Å². The molecular formula is CH4CrO4. The van der Waals surface area contributed by atoms with Crippen molar-refractivity contribution in [2.75, 3.05) is 7.11 Å². The first-order valence-electron chi connectivity index (χ1n) is 1.09. The summed E-state index contributed by atoms with van der Waals surface area (Å²) in [5.41, 5.74) is 0. The fourth-order valence-corrected chi connectivity index (χ4v) is 0. The van der Waals surface area contributed by atoms with Gasteiger partial charge in [0.05, 0.1) is 0 Å². The Balaban J connectivity index is 3.85. The zero-order valence-electron chi connectivity index (χ0n) is 3.08. The molecule has 0 aromatic carbocycles. The Morgan fingerprint density at radius 2 is 1.83 bits per heavy atom. The van der Waals surface area contributed by atoms with Crippen molar-refractivity contribution in [2.24, 2.45) is 0 Å². The van der Waals surface area contributed by atoms with Gasteiger partial charge >= 0.3 is 36.3 Å². The summed E-state index contributed by atoms with van der Waals surface area (Å²) >= 11 is -4.78. The summed E-state index contributed by atoms with van der Waals surface area (Å²) in [6, 6.07) is 0. The SMILES string of the molecule is C[O][Cr](=[O])(=[O])[OH]. The molecule has 6 heavy (non-hydrogen) atoms. The Hall–Kier alpha value is 0.0525. The van der Waals surface area contributed by atoms with Crippen LogP contribution in [0.1, 0.15) is 0 Å². The summed E-state index contributed by atoms with van der Waals surface area (Å²) in [7, 11) is 0.903. The van der Waals surface area contributed by atoms with E-state index in [2.05, 4.69) is 3.79 Å². The van der Waals surface area contributed by atoms with Crippen LogP contribution in [0, 0.1) is 0 Å². The molecule has 0 radical (unpaired) electrons. The molecule has 0 aliphatic carbocycles. The van der Waals surface area contributed by atoms with Gasteiger partial charge in [-0.3, -0.25) is 0 Å². The minimum atomic E-state index is -4.78. The zero-order chi connectivity index (χ0) is 5.21. The summed E-state index contributed by atoms with van der Waals surface area (Å²) in [5, 5.41) is 0. The van der Waals surface area contributed by atoms with Gasteiger partial charge in [-0.15, -0.1) is 0 Å². The fourth-order valence-electron chi connectivity index (χ4n) is 0. The van der Waals surface area contributed by atoms with Crippen LogP contribution in [0.3, 0.4) is 0 Å². The summed E-state index contributed by atoms with van der Waals surface area (Å²) in [6.07, 6.45) is 0. The molecule has 0 aromatic heterocycles. The standard InChI is InChI=1S/CH3O.Cr.H2O.2O/c1-2;;;;/h1H3;;1H2;;/q-1;+2;;;/p-1. The van der Waals surface area contributed by atoms with Gasteiger partial charge in [-0.25, -0.2) is 0 Å². The van der Waals surface area contributed by atoms with Crippen molar-refractivity contribution < 1.29 is 29.2 Å². The van der Waals surface area contributed by atoms with E-state index in [1.807, 2.05) is 0 Å². The summed E-state index contributed by atoms with van der Waals surface area (Å²) in [4.78, 5) is 0. The molecule has 38 valence electrons. The van der Waals surface area contributed by atoms with E-state index in [4.69, 9.17) is 4.16 Å². The molecule has 0 rings (SSSR count). The van der Waals surface area contributed by atoms with Crippen molar-refractivity contribution in [2.45, 2.75) is 0 Å². The normalized spacial score (nSPS) is 11.7. The van der Waals surface area contributed by atoms with Gasteiger partial charge in [0.1, 0.15) is 0 Å². The van der Waals surface area contributed by atoms with E-state index in [-0.39, 0.29) is 0 Å². The molecule has 0 atom stereocenters. The summed E-state index contributed by atoms with van der Waals surface area (Å²) in [6.45, 7) is 0. The van der Waals surface area contributed by atoms with Crippen molar-refractivity contribution in [3.63, 3.8) is 0 Å². The third-order valence-corrected chi connectivity index (χ3v) is 0.868. The summed E-state index contributed by atoms with van der Waals surface area (Å²) < 4.78 is 30.0. The van der Waals surface area contributed by atoms with Crippen LogP contribution in [0.4, 0.5) is 0 Å². The van der Waals surface area contributed by atoms with Crippen molar-refractivity contribution in [3.05, 3.63) is 0 Å². The van der Waals surface area contributed by atoms with Crippen LogP contribution in [0.15, 0.2) is 0 Å². The third kappa shape index (κ3) is 4.05. The van der Waals surface area contributed by atoms with Gasteiger partial charge in [-0.1, -0.05) is 0 Å². The molecule has 0 aliphatic heterocycles. The number of rotatable bonds is 1. The average molecular weight is 132 g/mol. The van der Waals surface area contributed by atoms with E-state index in [0.717, 1.165) is 7.11 Å². The van der Waals surface area contributed by atoms with Crippen LogP contribution < -0.4 is 0 Å². The van der Waals surface area contributed by atoms with E-state index in [0.29, 0.717) is 0 Å². The van der Waals surface area contributed by atoms with Crippen LogP contribution in [0.2, 0.25) is 0 Å². The van der Waals surface area contributed by atoms with E-state index in [1.165, 1.54) is 0 Å². The van der Waals surface area contributed by atoms with E-state index in [9.17, 15) is 7.61 Å². The van der Waals surface area contributed by atoms with Crippen LogP contribution in [-0.2, 0) is 25.0 Å². The first-order valence-corrected chi connectivity index (χ1v) is 3.22. The quantitative estimate of drug-likeness (QED) is 0.512. The van der Waals surface area contributed by atoms with Crippen molar-refractivity contribution in [3.8, 4) is 0 Å².